The van der Waals surface area contributed by atoms with Crippen LogP contribution in [0.25, 0.3) is 0 Å². The Morgan fingerprint density at radius 1 is 1.06 bits per heavy atom. The van der Waals surface area contributed by atoms with E-state index in [9.17, 15) is 4.79 Å². The van der Waals surface area contributed by atoms with Gasteiger partial charge >= 0.3 is 5.97 Å². The second-order valence-corrected chi connectivity index (χ2v) is 4.98. The minimum Gasteiger partial charge on any atom is -0.481 e. The Hall–Kier alpha value is -0.530. The van der Waals surface area contributed by atoms with E-state index >= 15 is 0 Å². The zero-order chi connectivity index (χ0) is 12.4. The molecular weight excluding hydrogens is 200 g/mol. The highest BCUT2D eigenvalue weighted by atomic mass is 16.4. The number of hydrogen-bond donors (Lipinski definition) is 1. The van der Waals surface area contributed by atoms with E-state index < -0.39 is 5.97 Å². The number of aliphatic carboxylic acids is 1. The largest absolute Gasteiger partial charge is 0.481 e. The SMILES string of the molecule is CCCC(CCCCCC(C)CC)C(=O)O. The molecule has 2 unspecified atom stereocenters. The number of rotatable bonds is 10. The molecular formula is C14H28O2. The minimum absolute atomic E-state index is 0.103. The summed E-state index contributed by atoms with van der Waals surface area (Å²) in [5.74, 6) is 0.114. The Labute approximate surface area is 100 Å². The summed E-state index contributed by atoms with van der Waals surface area (Å²) in [7, 11) is 0. The highest BCUT2D eigenvalue weighted by molar-refractivity contribution is 5.69. The molecule has 2 atom stereocenters. The van der Waals surface area contributed by atoms with Crippen molar-refractivity contribution in [2.24, 2.45) is 11.8 Å². The fourth-order valence-electron chi connectivity index (χ4n) is 2.00. The lowest BCUT2D eigenvalue weighted by Gasteiger charge is -2.11. The average Bonchev–Trinajstić information content (AvgIpc) is 2.26. The summed E-state index contributed by atoms with van der Waals surface area (Å²) in [5, 5.41) is 8.99. The average molecular weight is 228 g/mol. The first-order valence-electron chi connectivity index (χ1n) is 6.84. The van der Waals surface area contributed by atoms with Crippen molar-refractivity contribution in [3.63, 3.8) is 0 Å². The molecule has 0 amide bonds. The Morgan fingerprint density at radius 2 is 1.69 bits per heavy atom. The molecule has 96 valence electrons. The highest BCUT2D eigenvalue weighted by Crippen LogP contribution is 2.18. The number of hydrogen-bond acceptors (Lipinski definition) is 1. The van der Waals surface area contributed by atoms with Gasteiger partial charge in [0.15, 0.2) is 0 Å². The number of carboxylic acid groups (broad SMARTS) is 1. The van der Waals surface area contributed by atoms with E-state index in [4.69, 9.17) is 5.11 Å². The molecule has 2 nitrogen and oxygen atoms in total. The Balaban J connectivity index is 3.51. The van der Waals surface area contributed by atoms with E-state index in [0.717, 1.165) is 31.6 Å². The summed E-state index contributed by atoms with van der Waals surface area (Å²) in [5.41, 5.74) is 0. The van der Waals surface area contributed by atoms with Gasteiger partial charge < -0.3 is 5.11 Å². The molecule has 0 fully saturated rings. The number of unbranched alkanes of at least 4 members (excludes halogenated alkanes) is 2. The monoisotopic (exact) mass is 228 g/mol. The Bertz CT molecular complexity index is 178. The van der Waals surface area contributed by atoms with Crippen LogP contribution in [0.2, 0.25) is 0 Å². The number of carbonyl (C=O) groups is 1. The molecule has 0 aromatic rings. The van der Waals surface area contributed by atoms with Gasteiger partial charge in [-0.25, -0.2) is 0 Å². The van der Waals surface area contributed by atoms with Gasteiger partial charge in [0.2, 0.25) is 0 Å². The molecule has 0 heterocycles. The van der Waals surface area contributed by atoms with Crippen molar-refractivity contribution in [3.8, 4) is 0 Å². The first kappa shape index (κ1) is 15.5. The summed E-state index contributed by atoms with van der Waals surface area (Å²) in [6, 6.07) is 0. The van der Waals surface area contributed by atoms with E-state index in [0.29, 0.717) is 0 Å². The van der Waals surface area contributed by atoms with Gasteiger partial charge in [0.1, 0.15) is 0 Å². The molecule has 0 aliphatic heterocycles. The summed E-state index contributed by atoms with van der Waals surface area (Å²) >= 11 is 0. The van der Waals surface area contributed by atoms with Gasteiger partial charge in [-0.1, -0.05) is 59.3 Å². The van der Waals surface area contributed by atoms with Crippen LogP contribution in [0.15, 0.2) is 0 Å². The zero-order valence-corrected chi connectivity index (χ0v) is 11.2. The molecule has 0 aromatic heterocycles. The second kappa shape index (κ2) is 9.68. The predicted octanol–water partition coefficient (Wildman–Crippen LogP) is 4.48. The van der Waals surface area contributed by atoms with Gasteiger partial charge in [0, 0.05) is 0 Å². The van der Waals surface area contributed by atoms with E-state index in [2.05, 4.69) is 20.8 Å². The van der Waals surface area contributed by atoms with Crippen LogP contribution >= 0.6 is 0 Å². The van der Waals surface area contributed by atoms with E-state index in [1.54, 1.807) is 0 Å². The highest BCUT2D eigenvalue weighted by Gasteiger charge is 2.15. The molecule has 0 radical (unpaired) electrons. The van der Waals surface area contributed by atoms with Gasteiger partial charge in [-0.15, -0.1) is 0 Å². The standard InChI is InChI=1S/C14H28O2/c1-4-9-13(14(15)16)11-8-6-7-10-12(3)5-2/h12-13H,4-11H2,1-3H3,(H,15,16). The van der Waals surface area contributed by atoms with Crippen molar-refractivity contribution < 1.29 is 9.90 Å². The molecule has 0 aliphatic rings. The molecule has 0 aromatic carbocycles. The quantitative estimate of drug-likeness (QED) is 0.560. The minimum atomic E-state index is -0.608. The fraction of sp³-hybridized carbons (Fsp3) is 0.929. The van der Waals surface area contributed by atoms with Crippen molar-refractivity contribution in [1.29, 1.82) is 0 Å². The van der Waals surface area contributed by atoms with E-state index in [-0.39, 0.29) is 5.92 Å². The van der Waals surface area contributed by atoms with Gasteiger partial charge in [0.25, 0.3) is 0 Å². The van der Waals surface area contributed by atoms with Crippen molar-refractivity contribution in [1.82, 2.24) is 0 Å². The Kier molecular flexibility index (Phi) is 9.36. The van der Waals surface area contributed by atoms with Crippen LogP contribution in [0.3, 0.4) is 0 Å². The van der Waals surface area contributed by atoms with Crippen molar-refractivity contribution >= 4 is 5.97 Å². The van der Waals surface area contributed by atoms with E-state index in [1.807, 2.05) is 0 Å². The van der Waals surface area contributed by atoms with Crippen molar-refractivity contribution in [2.45, 2.75) is 72.1 Å². The van der Waals surface area contributed by atoms with Crippen LogP contribution in [-0.4, -0.2) is 11.1 Å². The molecule has 0 saturated heterocycles. The molecule has 16 heavy (non-hydrogen) atoms. The van der Waals surface area contributed by atoms with Gasteiger partial charge in [-0.3, -0.25) is 4.79 Å². The topological polar surface area (TPSA) is 37.3 Å². The van der Waals surface area contributed by atoms with Crippen LogP contribution in [0.5, 0.6) is 0 Å². The third-order valence-corrected chi connectivity index (χ3v) is 3.43. The van der Waals surface area contributed by atoms with E-state index in [1.165, 1.54) is 25.7 Å². The lowest BCUT2D eigenvalue weighted by atomic mass is 9.95. The first-order valence-corrected chi connectivity index (χ1v) is 6.84. The smallest absolute Gasteiger partial charge is 0.306 e. The van der Waals surface area contributed by atoms with Crippen LogP contribution in [-0.2, 0) is 4.79 Å². The molecule has 0 aliphatic carbocycles. The Morgan fingerprint density at radius 3 is 2.19 bits per heavy atom. The third-order valence-electron chi connectivity index (χ3n) is 3.43. The molecule has 0 rings (SSSR count). The molecule has 0 spiro atoms. The van der Waals surface area contributed by atoms with Crippen LogP contribution < -0.4 is 0 Å². The number of carboxylic acids is 1. The molecule has 1 N–H and O–H groups in total. The first-order chi connectivity index (χ1) is 7.61. The lowest BCUT2D eigenvalue weighted by molar-refractivity contribution is -0.142. The normalized spacial score (nSPS) is 14.7. The molecule has 0 saturated carbocycles. The van der Waals surface area contributed by atoms with Gasteiger partial charge in [-0.2, -0.15) is 0 Å². The zero-order valence-electron chi connectivity index (χ0n) is 11.2. The predicted molar refractivity (Wildman–Crippen MR) is 68.6 cm³/mol. The van der Waals surface area contributed by atoms with Gasteiger partial charge in [-0.05, 0) is 18.8 Å². The van der Waals surface area contributed by atoms with Gasteiger partial charge in [0.05, 0.1) is 5.92 Å². The van der Waals surface area contributed by atoms with Crippen LogP contribution in [0.1, 0.15) is 72.1 Å². The lowest BCUT2D eigenvalue weighted by Crippen LogP contribution is -2.13. The third kappa shape index (κ3) is 7.72. The summed E-state index contributed by atoms with van der Waals surface area (Å²) in [4.78, 5) is 10.9. The second-order valence-electron chi connectivity index (χ2n) is 4.98. The fourth-order valence-corrected chi connectivity index (χ4v) is 2.00. The van der Waals surface area contributed by atoms with Crippen LogP contribution in [0, 0.1) is 11.8 Å². The molecule has 0 bridgehead atoms. The van der Waals surface area contributed by atoms with Crippen molar-refractivity contribution in [2.75, 3.05) is 0 Å². The maximum absolute atomic E-state index is 10.9. The summed E-state index contributed by atoms with van der Waals surface area (Å²) in [6.45, 7) is 6.57. The summed E-state index contributed by atoms with van der Waals surface area (Å²) in [6.07, 6.45) is 8.75. The maximum Gasteiger partial charge on any atom is 0.306 e. The van der Waals surface area contributed by atoms with Crippen molar-refractivity contribution in [3.05, 3.63) is 0 Å². The summed E-state index contributed by atoms with van der Waals surface area (Å²) < 4.78 is 0. The maximum atomic E-state index is 10.9. The van der Waals surface area contributed by atoms with Crippen LogP contribution in [0.4, 0.5) is 0 Å². The molecule has 2 heteroatoms.